The summed E-state index contributed by atoms with van der Waals surface area (Å²) in [6, 6.07) is 7.03. The maximum atomic E-state index is 13.7. The average Bonchev–Trinajstić information content (AvgIpc) is 2.32. The number of nitrogens with two attached hydrogens (primary N) is 1. The Kier molecular flexibility index (Phi) is 4.11. The van der Waals surface area contributed by atoms with Crippen molar-refractivity contribution in [3.8, 4) is 0 Å². The number of halogens is 2. The van der Waals surface area contributed by atoms with Crippen molar-refractivity contribution >= 4 is 33.0 Å². The van der Waals surface area contributed by atoms with Gasteiger partial charge < -0.3 is 5.73 Å². The number of para-hydroxylation sites is 1. The normalized spacial score (nSPS) is 11.4. The Labute approximate surface area is 127 Å². The van der Waals surface area contributed by atoms with Gasteiger partial charge in [-0.3, -0.25) is 4.72 Å². The summed E-state index contributed by atoms with van der Waals surface area (Å²) in [6.07, 6.45) is 0. The Hall–Kier alpha value is -1.79. The molecule has 0 saturated carbocycles. The Balaban J connectivity index is 2.54. The molecule has 0 radical (unpaired) electrons. The van der Waals surface area contributed by atoms with E-state index in [1.165, 1.54) is 12.1 Å². The molecule has 2 aromatic carbocycles. The molecule has 0 aliphatic heterocycles. The highest BCUT2D eigenvalue weighted by atomic mass is 35.5. The molecule has 21 heavy (non-hydrogen) atoms. The summed E-state index contributed by atoms with van der Waals surface area (Å²) in [5, 5.41) is -0.00988. The molecule has 0 heterocycles. The van der Waals surface area contributed by atoms with Gasteiger partial charge in [0, 0.05) is 5.69 Å². The zero-order valence-electron chi connectivity index (χ0n) is 11.4. The number of benzene rings is 2. The lowest BCUT2D eigenvalue weighted by atomic mass is 10.1. The molecular formula is C14H14ClFN2O2S. The summed E-state index contributed by atoms with van der Waals surface area (Å²) in [4.78, 5) is 0.0658. The van der Waals surface area contributed by atoms with Crippen LogP contribution in [-0.4, -0.2) is 8.42 Å². The second-order valence-electron chi connectivity index (χ2n) is 4.69. The highest BCUT2D eigenvalue weighted by Crippen LogP contribution is 2.30. The molecule has 0 fully saturated rings. The number of nitrogen functional groups attached to an aromatic ring is 1. The molecule has 112 valence electrons. The summed E-state index contributed by atoms with van der Waals surface area (Å²) in [6.45, 7) is 3.25. The third kappa shape index (κ3) is 3.11. The van der Waals surface area contributed by atoms with Gasteiger partial charge in [0.2, 0.25) is 0 Å². The van der Waals surface area contributed by atoms with Crippen LogP contribution in [0.4, 0.5) is 15.8 Å². The van der Waals surface area contributed by atoms with Crippen molar-refractivity contribution in [2.45, 2.75) is 18.7 Å². The van der Waals surface area contributed by atoms with Crippen LogP contribution in [-0.2, 0) is 10.0 Å². The molecule has 0 amide bonds. The fourth-order valence-corrected chi connectivity index (χ4v) is 4.00. The van der Waals surface area contributed by atoms with Gasteiger partial charge in [0.25, 0.3) is 10.0 Å². The van der Waals surface area contributed by atoms with Crippen LogP contribution in [0.15, 0.2) is 35.2 Å². The van der Waals surface area contributed by atoms with Crippen LogP contribution in [0, 0.1) is 19.7 Å². The van der Waals surface area contributed by atoms with Crippen molar-refractivity contribution in [2.75, 3.05) is 10.5 Å². The second kappa shape index (κ2) is 5.54. The van der Waals surface area contributed by atoms with Crippen molar-refractivity contribution in [1.82, 2.24) is 0 Å². The summed E-state index contributed by atoms with van der Waals surface area (Å²) < 4.78 is 40.9. The Morgan fingerprint density at radius 1 is 1.19 bits per heavy atom. The van der Waals surface area contributed by atoms with E-state index in [4.69, 9.17) is 17.3 Å². The molecule has 0 unspecified atom stereocenters. The smallest absolute Gasteiger partial charge is 0.262 e. The first-order valence-electron chi connectivity index (χ1n) is 6.06. The molecule has 2 rings (SSSR count). The monoisotopic (exact) mass is 328 g/mol. The van der Waals surface area contributed by atoms with E-state index >= 15 is 0 Å². The van der Waals surface area contributed by atoms with E-state index in [0.717, 1.165) is 6.07 Å². The van der Waals surface area contributed by atoms with Gasteiger partial charge in [-0.15, -0.1) is 0 Å². The fourth-order valence-electron chi connectivity index (χ4n) is 2.19. The van der Waals surface area contributed by atoms with E-state index in [0.29, 0.717) is 16.8 Å². The summed E-state index contributed by atoms with van der Waals surface area (Å²) in [5.74, 6) is -0.739. The predicted octanol–water partition coefficient (Wildman–Crippen LogP) is 3.48. The lowest BCUT2D eigenvalue weighted by molar-refractivity contribution is 0.597. The molecule has 2 aromatic rings. The molecule has 4 nitrogen and oxygen atoms in total. The van der Waals surface area contributed by atoms with E-state index in [1.54, 1.807) is 26.0 Å². The number of rotatable bonds is 3. The van der Waals surface area contributed by atoms with Crippen LogP contribution in [0.1, 0.15) is 11.1 Å². The maximum Gasteiger partial charge on any atom is 0.262 e. The standard InChI is InChI=1S/C14H14ClFN2O2S/c1-8-6-10(17)7-9(2)14(8)21(19,20)18-13-11(15)4-3-5-12(13)16/h3-7,18H,17H2,1-2H3. The lowest BCUT2D eigenvalue weighted by Gasteiger charge is -2.15. The minimum Gasteiger partial charge on any atom is -0.399 e. The Bertz CT molecular complexity index is 763. The van der Waals surface area contributed by atoms with Gasteiger partial charge in [-0.25, -0.2) is 12.8 Å². The summed E-state index contributed by atoms with van der Waals surface area (Å²) in [5.41, 5.74) is 6.83. The molecule has 3 N–H and O–H groups in total. The number of sulfonamides is 1. The number of hydrogen-bond donors (Lipinski definition) is 2. The molecule has 0 aromatic heterocycles. The lowest BCUT2D eigenvalue weighted by Crippen LogP contribution is -2.17. The molecule has 0 spiro atoms. The fraction of sp³-hybridized carbons (Fsp3) is 0.143. The quantitative estimate of drug-likeness (QED) is 0.847. The highest BCUT2D eigenvalue weighted by molar-refractivity contribution is 7.92. The minimum absolute atomic E-state index is 0.00988. The van der Waals surface area contributed by atoms with Crippen LogP contribution < -0.4 is 10.5 Å². The molecular weight excluding hydrogens is 315 g/mol. The second-order valence-corrected chi connectivity index (χ2v) is 6.71. The first-order valence-corrected chi connectivity index (χ1v) is 7.92. The third-order valence-corrected chi connectivity index (χ3v) is 4.92. The first kappa shape index (κ1) is 15.6. The van der Waals surface area contributed by atoms with Crippen LogP contribution in [0.2, 0.25) is 5.02 Å². The largest absolute Gasteiger partial charge is 0.399 e. The van der Waals surface area contributed by atoms with E-state index in [9.17, 15) is 12.8 Å². The Morgan fingerprint density at radius 2 is 1.76 bits per heavy atom. The predicted molar refractivity (Wildman–Crippen MR) is 82.5 cm³/mol. The molecule has 7 heteroatoms. The van der Waals surface area contributed by atoms with Gasteiger partial charge in [0.15, 0.2) is 0 Å². The van der Waals surface area contributed by atoms with Crippen LogP contribution in [0.3, 0.4) is 0 Å². The average molecular weight is 329 g/mol. The van der Waals surface area contributed by atoms with Crippen LogP contribution in [0.5, 0.6) is 0 Å². The van der Waals surface area contributed by atoms with E-state index < -0.39 is 15.8 Å². The van der Waals surface area contributed by atoms with Crippen LogP contribution >= 0.6 is 11.6 Å². The molecule has 0 aliphatic rings. The minimum atomic E-state index is -3.97. The molecule has 0 atom stereocenters. The van der Waals surface area contributed by atoms with Gasteiger partial charge in [-0.05, 0) is 49.2 Å². The topological polar surface area (TPSA) is 72.2 Å². The van der Waals surface area contributed by atoms with Gasteiger partial charge >= 0.3 is 0 Å². The van der Waals surface area contributed by atoms with E-state index in [-0.39, 0.29) is 15.6 Å². The van der Waals surface area contributed by atoms with Crippen molar-refractivity contribution in [3.63, 3.8) is 0 Å². The highest BCUT2D eigenvalue weighted by Gasteiger charge is 2.22. The van der Waals surface area contributed by atoms with E-state index in [2.05, 4.69) is 4.72 Å². The van der Waals surface area contributed by atoms with Gasteiger partial charge in [0.1, 0.15) is 11.5 Å². The molecule has 0 bridgehead atoms. The maximum absolute atomic E-state index is 13.7. The van der Waals surface area contributed by atoms with Crippen molar-refractivity contribution in [2.24, 2.45) is 0 Å². The number of anilines is 2. The van der Waals surface area contributed by atoms with Gasteiger partial charge in [-0.2, -0.15) is 0 Å². The van der Waals surface area contributed by atoms with Gasteiger partial charge in [-0.1, -0.05) is 17.7 Å². The Morgan fingerprint density at radius 3 is 2.29 bits per heavy atom. The molecule has 0 saturated heterocycles. The summed E-state index contributed by atoms with van der Waals surface area (Å²) >= 11 is 5.84. The van der Waals surface area contributed by atoms with E-state index in [1.807, 2.05) is 0 Å². The van der Waals surface area contributed by atoms with Gasteiger partial charge in [0.05, 0.1) is 9.92 Å². The van der Waals surface area contributed by atoms with Crippen molar-refractivity contribution in [3.05, 3.63) is 52.3 Å². The SMILES string of the molecule is Cc1cc(N)cc(C)c1S(=O)(=O)Nc1c(F)cccc1Cl. The summed E-state index contributed by atoms with van der Waals surface area (Å²) in [7, 11) is -3.97. The first-order chi connectivity index (χ1) is 9.72. The third-order valence-electron chi connectivity index (χ3n) is 2.95. The number of nitrogens with one attached hydrogen (secondary N) is 1. The van der Waals surface area contributed by atoms with Crippen molar-refractivity contribution in [1.29, 1.82) is 0 Å². The zero-order chi connectivity index (χ0) is 15.8. The van der Waals surface area contributed by atoms with Crippen molar-refractivity contribution < 1.29 is 12.8 Å². The molecule has 0 aliphatic carbocycles. The number of aryl methyl sites for hydroxylation is 2. The zero-order valence-corrected chi connectivity index (χ0v) is 13.0. The number of hydrogen-bond acceptors (Lipinski definition) is 3. The van der Waals surface area contributed by atoms with Crippen LogP contribution in [0.25, 0.3) is 0 Å².